The average Bonchev–Trinajstić information content (AvgIpc) is 2.49. The zero-order chi connectivity index (χ0) is 9.26. The molecule has 0 aromatic rings. The van der Waals surface area contributed by atoms with E-state index in [0.717, 1.165) is 25.7 Å². The van der Waals surface area contributed by atoms with Gasteiger partial charge in [0.15, 0.2) is 0 Å². The molecule has 2 aliphatic carbocycles. The summed E-state index contributed by atoms with van der Waals surface area (Å²) in [7, 11) is 0. The highest BCUT2D eigenvalue weighted by Crippen LogP contribution is 2.37. The Morgan fingerprint density at radius 1 is 1.00 bits per heavy atom. The monoisotopic (exact) mass is 180 g/mol. The first kappa shape index (κ1) is 8.92. The number of Topliss-reactive ketones (excluding diaryl/α,β-unsaturated/α-hetero) is 2. The topological polar surface area (TPSA) is 34.1 Å². The molecule has 2 saturated carbocycles. The van der Waals surface area contributed by atoms with Crippen LogP contribution in [0, 0.1) is 11.8 Å². The molecular weight excluding hydrogens is 164 g/mol. The summed E-state index contributed by atoms with van der Waals surface area (Å²) in [6, 6.07) is 0. The second kappa shape index (κ2) is 3.60. The van der Waals surface area contributed by atoms with Crippen molar-refractivity contribution in [1.82, 2.24) is 0 Å². The van der Waals surface area contributed by atoms with E-state index in [-0.39, 0.29) is 5.92 Å². The third-order valence-electron chi connectivity index (χ3n) is 3.44. The number of hydrogen-bond donors (Lipinski definition) is 0. The normalized spacial score (nSPS) is 35.4. The Bertz CT molecular complexity index is 232. The van der Waals surface area contributed by atoms with Gasteiger partial charge in [0.05, 0.1) is 0 Å². The summed E-state index contributed by atoms with van der Waals surface area (Å²) < 4.78 is 0. The van der Waals surface area contributed by atoms with Gasteiger partial charge in [-0.3, -0.25) is 9.59 Å². The Kier molecular flexibility index (Phi) is 2.47. The Morgan fingerprint density at radius 3 is 2.69 bits per heavy atom. The second-order valence-corrected chi connectivity index (χ2v) is 4.36. The van der Waals surface area contributed by atoms with Gasteiger partial charge >= 0.3 is 0 Å². The number of fused-ring (bicyclic) bond motifs is 1. The van der Waals surface area contributed by atoms with Gasteiger partial charge in [-0.2, -0.15) is 0 Å². The van der Waals surface area contributed by atoms with Crippen LogP contribution in [0.3, 0.4) is 0 Å². The number of ketones is 2. The first-order chi connectivity index (χ1) is 6.27. The molecule has 0 bridgehead atoms. The van der Waals surface area contributed by atoms with Crippen LogP contribution in [-0.2, 0) is 9.59 Å². The maximum Gasteiger partial charge on any atom is 0.136 e. The third-order valence-corrected chi connectivity index (χ3v) is 3.44. The van der Waals surface area contributed by atoms with Gasteiger partial charge in [0.2, 0.25) is 0 Å². The molecule has 0 saturated heterocycles. The van der Waals surface area contributed by atoms with Gasteiger partial charge < -0.3 is 0 Å². The van der Waals surface area contributed by atoms with Crippen molar-refractivity contribution in [3.63, 3.8) is 0 Å². The van der Waals surface area contributed by atoms with Gasteiger partial charge in [-0.15, -0.1) is 0 Å². The molecule has 0 aromatic carbocycles. The lowest BCUT2D eigenvalue weighted by Crippen LogP contribution is -2.23. The molecule has 72 valence electrons. The van der Waals surface area contributed by atoms with E-state index < -0.39 is 0 Å². The van der Waals surface area contributed by atoms with Crippen molar-refractivity contribution in [2.45, 2.75) is 44.9 Å². The lowest BCUT2D eigenvalue weighted by Gasteiger charge is -2.20. The predicted octanol–water partition coefficient (Wildman–Crippen LogP) is 2.11. The SMILES string of the molecule is O=C1CCCC(=O)[C@H]2CCC[C@H]2C1. The van der Waals surface area contributed by atoms with Crippen molar-refractivity contribution in [3.05, 3.63) is 0 Å². The fourth-order valence-corrected chi connectivity index (χ4v) is 2.74. The molecule has 0 unspecified atom stereocenters. The summed E-state index contributed by atoms with van der Waals surface area (Å²) in [6.07, 6.45) is 6.03. The van der Waals surface area contributed by atoms with Crippen LogP contribution in [-0.4, -0.2) is 11.6 Å². The lowest BCUT2D eigenvalue weighted by atomic mass is 9.83. The van der Waals surface area contributed by atoms with Crippen LogP contribution in [0.25, 0.3) is 0 Å². The van der Waals surface area contributed by atoms with E-state index in [0.29, 0.717) is 36.7 Å². The zero-order valence-corrected chi connectivity index (χ0v) is 7.92. The fourth-order valence-electron chi connectivity index (χ4n) is 2.74. The van der Waals surface area contributed by atoms with Gasteiger partial charge in [-0.05, 0) is 25.2 Å². The first-order valence-corrected chi connectivity index (χ1v) is 5.32. The smallest absolute Gasteiger partial charge is 0.136 e. The summed E-state index contributed by atoms with van der Waals surface area (Å²) in [4.78, 5) is 23.0. The van der Waals surface area contributed by atoms with Crippen LogP contribution in [0.1, 0.15) is 44.9 Å². The first-order valence-electron chi connectivity index (χ1n) is 5.32. The van der Waals surface area contributed by atoms with Crippen LogP contribution in [0.5, 0.6) is 0 Å². The molecular formula is C11H16O2. The Morgan fingerprint density at radius 2 is 1.85 bits per heavy atom. The van der Waals surface area contributed by atoms with Crippen LogP contribution < -0.4 is 0 Å². The van der Waals surface area contributed by atoms with Crippen LogP contribution in [0.15, 0.2) is 0 Å². The molecule has 0 radical (unpaired) electrons. The second-order valence-electron chi connectivity index (χ2n) is 4.36. The number of hydrogen-bond acceptors (Lipinski definition) is 2. The fraction of sp³-hybridized carbons (Fsp3) is 0.818. The van der Waals surface area contributed by atoms with Crippen LogP contribution in [0.4, 0.5) is 0 Å². The molecule has 0 spiro atoms. The standard InChI is InChI=1S/C11H16O2/c12-9-4-2-6-11(13)10-5-1-3-8(10)7-9/h8,10H,1-7H2/t8-,10-/m0/s1. The molecule has 2 rings (SSSR count). The highest BCUT2D eigenvalue weighted by atomic mass is 16.1. The maximum atomic E-state index is 11.6. The number of carbonyl (C=O) groups is 2. The van der Waals surface area contributed by atoms with Gasteiger partial charge in [-0.25, -0.2) is 0 Å². The van der Waals surface area contributed by atoms with E-state index in [2.05, 4.69) is 0 Å². The van der Waals surface area contributed by atoms with E-state index >= 15 is 0 Å². The van der Waals surface area contributed by atoms with Crippen molar-refractivity contribution in [1.29, 1.82) is 0 Å². The summed E-state index contributed by atoms with van der Waals surface area (Å²) in [5, 5.41) is 0. The highest BCUT2D eigenvalue weighted by Gasteiger charge is 2.34. The third kappa shape index (κ3) is 1.82. The van der Waals surface area contributed by atoms with Crippen LogP contribution in [0.2, 0.25) is 0 Å². The molecule has 2 heteroatoms. The molecule has 0 aliphatic heterocycles. The molecule has 0 N–H and O–H groups in total. The average molecular weight is 180 g/mol. The highest BCUT2D eigenvalue weighted by molar-refractivity contribution is 5.86. The molecule has 0 heterocycles. The van der Waals surface area contributed by atoms with E-state index in [1.165, 1.54) is 0 Å². The summed E-state index contributed by atoms with van der Waals surface area (Å²) in [6.45, 7) is 0. The minimum atomic E-state index is 0.240. The summed E-state index contributed by atoms with van der Waals surface area (Å²) in [5.74, 6) is 1.45. The van der Waals surface area contributed by atoms with Gasteiger partial charge in [0, 0.05) is 25.2 Å². The van der Waals surface area contributed by atoms with Gasteiger partial charge in [0.1, 0.15) is 11.6 Å². The molecule has 13 heavy (non-hydrogen) atoms. The van der Waals surface area contributed by atoms with Crippen molar-refractivity contribution in [3.8, 4) is 0 Å². The summed E-state index contributed by atoms with van der Waals surface area (Å²) in [5.41, 5.74) is 0. The lowest BCUT2D eigenvalue weighted by molar-refractivity contribution is -0.127. The van der Waals surface area contributed by atoms with Gasteiger partial charge in [-0.1, -0.05) is 6.42 Å². The molecule has 2 atom stereocenters. The van der Waals surface area contributed by atoms with Crippen molar-refractivity contribution in [2.24, 2.45) is 11.8 Å². The van der Waals surface area contributed by atoms with E-state index in [4.69, 9.17) is 0 Å². The molecule has 0 aromatic heterocycles. The summed E-state index contributed by atoms with van der Waals surface area (Å²) >= 11 is 0. The van der Waals surface area contributed by atoms with Crippen LogP contribution >= 0.6 is 0 Å². The Labute approximate surface area is 78.7 Å². The largest absolute Gasteiger partial charge is 0.300 e. The minimum absolute atomic E-state index is 0.240. The molecule has 2 nitrogen and oxygen atoms in total. The maximum absolute atomic E-state index is 11.6. The van der Waals surface area contributed by atoms with E-state index in [1.807, 2.05) is 0 Å². The van der Waals surface area contributed by atoms with Gasteiger partial charge in [0.25, 0.3) is 0 Å². The van der Waals surface area contributed by atoms with Crippen molar-refractivity contribution < 1.29 is 9.59 Å². The number of carbonyl (C=O) groups excluding carboxylic acids is 2. The van der Waals surface area contributed by atoms with Crippen molar-refractivity contribution in [2.75, 3.05) is 0 Å². The van der Waals surface area contributed by atoms with Crippen molar-refractivity contribution >= 4 is 11.6 Å². The molecule has 0 amide bonds. The zero-order valence-electron chi connectivity index (χ0n) is 7.92. The number of rotatable bonds is 0. The Hall–Kier alpha value is -0.660. The predicted molar refractivity (Wildman–Crippen MR) is 49.3 cm³/mol. The van der Waals surface area contributed by atoms with E-state index in [9.17, 15) is 9.59 Å². The Balaban J connectivity index is 2.09. The molecule has 2 fully saturated rings. The minimum Gasteiger partial charge on any atom is -0.300 e. The molecule has 2 aliphatic rings. The van der Waals surface area contributed by atoms with E-state index in [1.54, 1.807) is 0 Å². The quantitative estimate of drug-likeness (QED) is 0.572.